The minimum atomic E-state index is -1.65. The summed E-state index contributed by atoms with van der Waals surface area (Å²) in [7, 11) is 0. The van der Waals surface area contributed by atoms with Crippen LogP contribution in [0.15, 0.2) is 54.6 Å². The largest absolute Gasteiger partial charge is 0.507 e. The van der Waals surface area contributed by atoms with Crippen molar-refractivity contribution >= 4 is 35.0 Å². The van der Waals surface area contributed by atoms with Crippen molar-refractivity contribution in [3.05, 3.63) is 71.3 Å². The maximum absolute atomic E-state index is 13.6. The van der Waals surface area contributed by atoms with Crippen molar-refractivity contribution in [2.75, 3.05) is 56.7 Å². The highest BCUT2D eigenvalue weighted by atomic mass is 16.7. The molecule has 3 aromatic carbocycles. The molecule has 25 nitrogen and oxygen atoms in total. The van der Waals surface area contributed by atoms with E-state index in [0.717, 1.165) is 0 Å². The standard InChI is InChI=1S/C48H68N6O19/c1-4-13-52-34-39(60)41(32(69-46(34)65)20-67-44(63)26-17-23(50)8-11-29(26)56)72-48-36(54-15-6-3)40(61)42(33(71-48)21-68-45(64)27-18-24(51)9-12-30(27)57)73-47-35(53-14-5-2)38(59)37(58)31(70-47)19-66-43(62)25-16-22(49)7-10-28(25)55/h7-12,16-18,31-42,46-48,52-61,65H,4-6,13-15,19-21,49-51H2,1-3H3/p+3/t31?,32?,33?,34?,35?,36?,37-,38+,39+,40+,41-,42-,46-,47+,48+/m1/s1. The first-order valence-electron chi connectivity index (χ1n) is 24.3. The number of anilines is 3. The van der Waals surface area contributed by atoms with Gasteiger partial charge in [-0.05, 0) is 73.9 Å². The van der Waals surface area contributed by atoms with Crippen LogP contribution in [0.3, 0.4) is 0 Å². The molecule has 73 heavy (non-hydrogen) atoms. The number of benzene rings is 3. The molecule has 20 N–H and O–H groups in total. The van der Waals surface area contributed by atoms with E-state index in [1.54, 1.807) is 16.0 Å². The molecular formula is C48H71N6O19+3. The number of ether oxygens (including phenoxy) is 8. The summed E-state index contributed by atoms with van der Waals surface area (Å²) in [5.41, 5.74) is 17.2. The number of phenols is 3. The van der Waals surface area contributed by atoms with Crippen LogP contribution in [0.5, 0.6) is 17.2 Å². The van der Waals surface area contributed by atoms with Crippen LogP contribution in [0.25, 0.3) is 0 Å². The Balaban J connectivity index is 1.33. The van der Waals surface area contributed by atoms with Crippen molar-refractivity contribution in [2.45, 2.75) is 132 Å². The van der Waals surface area contributed by atoms with Gasteiger partial charge in [-0.1, -0.05) is 20.8 Å². The van der Waals surface area contributed by atoms with Gasteiger partial charge in [-0.15, -0.1) is 0 Å². The lowest BCUT2D eigenvalue weighted by molar-refractivity contribution is -0.728. The summed E-state index contributed by atoms with van der Waals surface area (Å²) in [5.74, 6) is -4.39. The molecule has 0 amide bonds. The van der Waals surface area contributed by atoms with E-state index in [1.165, 1.54) is 54.6 Å². The van der Waals surface area contributed by atoms with Crippen molar-refractivity contribution in [1.29, 1.82) is 0 Å². The van der Waals surface area contributed by atoms with Gasteiger partial charge in [0.25, 0.3) is 0 Å². The van der Waals surface area contributed by atoms with E-state index in [1.807, 2.05) is 20.8 Å². The lowest BCUT2D eigenvalue weighted by Gasteiger charge is -2.48. The number of aliphatic hydroxyl groups excluding tert-OH is 5. The molecule has 0 aliphatic carbocycles. The molecule has 0 bridgehead atoms. The molecule has 3 heterocycles. The van der Waals surface area contributed by atoms with Crippen molar-refractivity contribution in [3.63, 3.8) is 0 Å². The Morgan fingerprint density at radius 1 is 0.493 bits per heavy atom. The summed E-state index contributed by atoms with van der Waals surface area (Å²) in [4.78, 5) is 39.9. The number of aliphatic hydroxyl groups is 5. The topological polar surface area (TPSA) is 415 Å². The first-order chi connectivity index (χ1) is 34.9. The van der Waals surface area contributed by atoms with Gasteiger partial charge < -0.3 is 112 Å². The zero-order valence-electron chi connectivity index (χ0n) is 40.8. The summed E-state index contributed by atoms with van der Waals surface area (Å²) in [5, 5.41) is 94.9. The van der Waals surface area contributed by atoms with Gasteiger partial charge in [0.15, 0.2) is 18.1 Å². The van der Waals surface area contributed by atoms with Crippen molar-refractivity contribution in [2.24, 2.45) is 0 Å². The second-order valence-corrected chi connectivity index (χ2v) is 18.2. The number of hydrogen-bond donors (Lipinski definition) is 14. The third-order valence-electron chi connectivity index (χ3n) is 12.8. The van der Waals surface area contributed by atoms with E-state index in [9.17, 15) is 55.2 Å². The lowest BCUT2D eigenvalue weighted by Crippen LogP contribution is -2.99. The molecule has 3 aromatic rings. The number of carbonyl (C=O) groups excluding carboxylic acids is 3. The minimum Gasteiger partial charge on any atom is -0.507 e. The third kappa shape index (κ3) is 13.9. The molecule has 0 saturated carbocycles. The first-order valence-corrected chi connectivity index (χ1v) is 24.3. The Morgan fingerprint density at radius 2 is 0.836 bits per heavy atom. The van der Waals surface area contributed by atoms with Crippen LogP contribution in [0.2, 0.25) is 0 Å². The van der Waals surface area contributed by atoms with Crippen LogP contribution < -0.4 is 33.2 Å². The predicted molar refractivity (Wildman–Crippen MR) is 253 cm³/mol. The van der Waals surface area contributed by atoms with Crippen LogP contribution in [0.1, 0.15) is 71.1 Å². The van der Waals surface area contributed by atoms with Crippen LogP contribution in [-0.4, -0.2) is 190 Å². The normalized spacial score (nSPS) is 30.3. The molecule has 6 unspecified atom stereocenters. The average Bonchev–Trinajstić information content (AvgIpc) is 3.36. The fourth-order valence-corrected chi connectivity index (χ4v) is 8.84. The number of rotatable bonds is 22. The zero-order chi connectivity index (χ0) is 53.1. The first kappa shape index (κ1) is 56.6. The fraction of sp³-hybridized carbons (Fsp3) is 0.562. The second kappa shape index (κ2) is 26.0. The van der Waals surface area contributed by atoms with Crippen LogP contribution in [0.4, 0.5) is 17.1 Å². The number of phenolic OH excluding ortho intramolecular Hbond substituents is 3. The van der Waals surface area contributed by atoms with Crippen molar-refractivity contribution in [1.82, 2.24) is 0 Å². The summed E-state index contributed by atoms with van der Waals surface area (Å²) in [6.45, 7) is 4.85. The SMILES string of the molecule is CCC[NH2+]C1[C@H](O[C@@H]2C(COC(=O)c3cc(N)ccc3O)O[C@@H](O[C@@H]3C(COC(=O)c4cc(N)ccc4O)O[C@@H](O)C([NH2+]CCC)[C@@H]3O)C([NH2+]CCC)[C@@H]2O)OC(COC(=O)c2cc(N)ccc2O)[C@@H](O)[C@H]1O. The Morgan fingerprint density at radius 3 is 1.25 bits per heavy atom. The highest BCUT2D eigenvalue weighted by molar-refractivity contribution is 5.94. The molecule has 15 atom stereocenters. The average molecular weight is 1040 g/mol. The van der Waals surface area contributed by atoms with Crippen LogP contribution >= 0.6 is 0 Å². The Bertz CT molecular complexity index is 2320. The molecule has 3 aliphatic rings. The predicted octanol–water partition coefficient (Wildman–Crippen LogP) is -4.17. The number of nitrogen functional groups attached to an aromatic ring is 3. The van der Waals surface area contributed by atoms with Crippen molar-refractivity contribution in [3.8, 4) is 17.2 Å². The van der Waals surface area contributed by atoms with Gasteiger partial charge in [-0.25, -0.2) is 14.4 Å². The summed E-state index contributed by atoms with van der Waals surface area (Å²) >= 11 is 0. The number of nitrogens with two attached hydrogens (primary N) is 6. The van der Waals surface area contributed by atoms with E-state index in [4.69, 9.17) is 55.1 Å². The number of quaternary nitrogens is 3. The molecule has 404 valence electrons. The third-order valence-corrected chi connectivity index (χ3v) is 12.8. The monoisotopic (exact) mass is 1040 g/mol. The van der Waals surface area contributed by atoms with Gasteiger partial charge in [0, 0.05) is 17.1 Å². The highest BCUT2D eigenvalue weighted by Crippen LogP contribution is 2.33. The van der Waals surface area contributed by atoms with Gasteiger partial charge in [0.1, 0.15) is 109 Å². The van der Waals surface area contributed by atoms with Crippen LogP contribution in [0, 0.1) is 0 Å². The summed E-state index contributed by atoms with van der Waals surface area (Å²) < 4.78 is 48.6. The smallest absolute Gasteiger partial charge is 0.342 e. The molecule has 3 saturated heterocycles. The maximum Gasteiger partial charge on any atom is 0.342 e. The van der Waals surface area contributed by atoms with Gasteiger partial charge in [-0.2, -0.15) is 0 Å². The maximum atomic E-state index is 13.6. The number of aromatic hydroxyl groups is 3. The molecule has 3 fully saturated rings. The minimum absolute atomic E-state index is 0.130. The Kier molecular flexibility index (Phi) is 20.2. The van der Waals surface area contributed by atoms with E-state index in [0.29, 0.717) is 38.9 Å². The molecule has 3 aliphatic heterocycles. The molecule has 0 aromatic heterocycles. The van der Waals surface area contributed by atoms with E-state index in [2.05, 4.69) is 0 Å². The van der Waals surface area contributed by atoms with E-state index >= 15 is 0 Å². The van der Waals surface area contributed by atoms with Crippen molar-refractivity contribution < 1.29 is 109 Å². The van der Waals surface area contributed by atoms with E-state index in [-0.39, 0.29) is 33.8 Å². The fourth-order valence-electron chi connectivity index (χ4n) is 8.84. The second-order valence-electron chi connectivity index (χ2n) is 18.2. The zero-order valence-corrected chi connectivity index (χ0v) is 40.8. The quantitative estimate of drug-likeness (QED) is 0.0196. The highest BCUT2D eigenvalue weighted by Gasteiger charge is 2.57. The Hall–Kier alpha value is -5.65. The number of hydrogen-bond acceptors (Lipinski definition) is 22. The van der Waals surface area contributed by atoms with Gasteiger partial charge in [0.05, 0.1) is 19.6 Å². The van der Waals surface area contributed by atoms with Gasteiger partial charge in [-0.3, -0.25) is 0 Å². The summed E-state index contributed by atoms with van der Waals surface area (Å²) in [6, 6.07) is 8.05. The van der Waals surface area contributed by atoms with Gasteiger partial charge >= 0.3 is 17.9 Å². The van der Waals surface area contributed by atoms with E-state index < -0.39 is 147 Å². The lowest BCUT2D eigenvalue weighted by atomic mass is 9.93. The number of esters is 3. The molecule has 0 radical (unpaired) electrons. The molecular weight excluding hydrogens is 965 g/mol. The van der Waals surface area contributed by atoms with Gasteiger partial charge in [0.2, 0.25) is 18.9 Å². The Labute approximate surface area is 420 Å². The molecule has 6 rings (SSSR count). The number of carbonyl (C=O) groups is 3. The summed E-state index contributed by atoms with van der Waals surface area (Å²) in [6.07, 6.45) is -16.6. The molecule has 0 spiro atoms. The molecule has 25 heteroatoms. The van der Waals surface area contributed by atoms with Crippen LogP contribution in [-0.2, 0) is 37.9 Å².